The zero-order valence-electron chi connectivity index (χ0n) is 11.3. The van der Waals surface area contributed by atoms with E-state index in [4.69, 9.17) is 5.73 Å². The number of nitrogens with zero attached hydrogens (tertiary/aromatic N) is 2. The molecule has 0 aliphatic carbocycles. The highest BCUT2D eigenvalue weighted by Crippen LogP contribution is 2.17. The van der Waals surface area contributed by atoms with Gasteiger partial charge in [-0.25, -0.2) is 13.1 Å². The van der Waals surface area contributed by atoms with Crippen LogP contribution in [0.1, 0.15) is 17.0 Å². The number of nitrogens with two attached hydrogens (primary N) is 1. The molecule has 0 bridgehead atoms. The minimum atomic E-state index is -3.61. The molecule has 0 aliphatic heterocycles. The maximum absolute atomic E-state index is 12.1. The van der Waals surface area contributed by atoms with Crippen molar-refractivity contribution in [1.29, 1.82) is 0 Å². The van der Waals surface area contributed by atoms with Crippen LogP contribution < -0.4 is 10.5 Å². The van der Waals surface area contributed by atoms with Gasteiger partial charge >= 0.3 is 0 Å². The summed E-state index contributed by atoms with van der Waals surface area (Å²) in [5, 5.41) is 0. The number of benzene rings is 1. The first-order chi connectivity index (χ1) is 9.38. The minimum absolute atomic E-state index is 0.0867. The van der Waals surface area contributed by atoms with Crippen molar-refractivity contribution in [2.24, 2.45) is 0 Å². The maximum Gasteiger partial charge on any atom is 0.240 e. The number of nitrogen functional groups attached to an aromatic ring is 1. The van der Waals surface area contributed by atoms with Gasteiger partial charge in [0.1, 0.15) is 0 Å². The van der Waals surface area contributed by atoms with Crippen molar-refractivity contribution in [3.8, 4) is 0 Å². The number of anilines is 1. The fourth-order valence-electron chi connectivity index (χ4n) is 1.55. The van der Waals surface area contributed by atoms with Crippen molar-refractivity contribution in [3.05, 3.63) is 47.5 Å². The largest absolute Gasteiger partial charge is 0.398 e. The van der Waals surface area contributed by atoms with E-state index in [-0.39, 0.29) is 11.4 Å². The first-order valence-corrected chi connectivity index (χ1v) is 7.50. The fraction of sp³-hybridized carbons (Fsp3) is 0.231. The molecular formula is C13H16N4O2S. The molecular weight excluding hydrogens is 276 g/mol. The van der Waals surface area contributed by atoms with E-state index in [0.717, 1.165) is 11.3 Å². The van der Waals surface area contributed by atoms with Crippen LogP contribution >= 0.6 is 0 Å². The highest BCUT2D eigenvalue weighted by molar-refractivity contribution is 7.89. The molecule has 20 heavy (non-hydrogen) atoms. The van der Waals surface area contributed by atoms with E-state index in [1.165, 1.54) is 12.1 Å². The monoisotopic (exact) mass is 292 g/mol. The van der Waals surface area contributed by atoms with Gasteiger partial charge in [0.2, 0.25) is 10.0 Å². The average molecular weight is 292 g/mol. The van der Waals surface area contributed by atoms with Crippen molar-refractivity contribution in [1.82, 2.24) is 14.7 Å². The third kappa shape index (κ3) is 3.31. The molecule has 106 valence electrons. The van der Waals surface area contributed by atoms with Crippen molar-refractivity contribution in [2.45, 2.75) is 25.3 Å². The average Bonchev–Trinajstić information content (AvgIpc) is 2.41. The summed E-state index contributed by atoms with van der Waals surface area (Å²) in [4.78, 5) is 8.29. The molecule has 1 heterocycles. The molecule has 3 N–H and O–H groups in total. The van der Waals surface area contributed by atoms with Crippen LogP contribution in [-0.2, 0) is 16.6 Å². The van der Waals surface area contributed by atoms with Crippen LogP contribution in [0.2, 0.25) is 0 Å². The molecule has 0 saturated heterocycles. The summed E-state index contributed by atoms with van der Waals surface area (Å²) >= 11 is 0. The van der Waals surface area contributed by atoms with Gasteiger partial charge in [-0.2, -0.15) is 0 Å². The summed E-state index contributed by atoms with van der Waals surface area (Å²) in [5.41, 5.74) is 8.35. The lowest BCUT2D eigenvalue weighted by atomic mass is 10.2. The smallest absolute Gasteiger partial charge is 0.240 e. The Morgan fingerprint density at radius 2 is 1.95 bits per heavy atom. The Balaban J connectivity index is 2.14. The Morgan fingerprint density at radius 3 is 2.55 bits per heavy atom. The van der Waals surface area contributed by atoms with E-state index in [0.29, 0.717) is 11.4 Å². The lowest BCUT2D eigenvalue weighted by molar-refractivity contribution is 0.580. The molecule has 1 aromatic carbocycles. The number of nitrogens with one attached hydrogen (secondary N) is 1. The molecule has 2 aromatic rings. The lowest BCUT2D eigenvalue weighted by Gasteiger charge is -2.08. The van der Waals surface area contributed by atoms with Crippen LogP contribution in [-0.4, -0.2) is 18.4 Å². The van der Waals surface area contributed by atoms with Gasteiger partial charge in [-0.15, -0.1) is 0 Å². The van der Waals surface area contributed by atoms with Crippen LogP contribution in [0.25, 0.3) is 0 Å². The minimum Gasteiger partial charge on any atom is -0.398 e. The van der Waals surface area contributed by atoms with Crippen LogP contribution in [0, 0.1) is 13.8 Å². The first kappa shape index (κ1) is 14.4. The standard InChI is InChI=1S/C13H16N4O2S/c1-9-3-4-12(5-13(9)14)20(18,19)17-8-11-7-15-10(2)6-16-11/h3-7,17H,8,14H2,1-2H3. The van der Waals surface area contributed by atoms with Gasteiger partial charge in [0.05, 0.1) is 29.0 Å². The van der Waals surface area contributed by atoms with E-state index in [2.05, 4.69) is 14.7 Å². The van der Waals surface area contributed by atoms with Crippen molar-refractivity contribution in [3.63, 3.8) is 0 Å². The first-order valence-electron chi connectivity index (χ1n) is 6.02. The second kappa shape index (κ2) is 5.56. The Bertz CT molecular complexity index is 712. The number of sulfonamides is 1. The van der Waals surface area contributed by atoms with E-state index < -0.39 is 10.0 Å². The van der Waals surface area contributed by atoms with Crippen LogP contribution in [0.5, 0.6) is 0 Å². The third-order valence-electron chi connectivity index (χ3n) is 2.84. The predicted molar refractivity (Wildman–Crippen MR) is 76.4 cm³/mol. The lowest BCUT2D eigenvalue weighted by Crippen LogP contribution is -2.24. The molecule has 0 fully saturated rings. The van der Waals surface area contributed by atoms with E-state index in [1.807, 2.05) is 13.8 Å². The maximum atomic E-state index is 12.1. The van der Waals surface area contributed by atoms with E-state index >= 15 is 0 Å². The second-order valence-electron chi connectivity index (χ2n) is 4.49. The summed E-state index contributed by atoms with van der Waals surface area (Å²) in [7, 11) is -3.61. The second-order valence-corrected chi connectivity index (χ2v) is 6.26. The Labute approximate surface area is 118 Å². The summed E-state index contributed by atoms with van der Waals surface area (Å²) in [6.45, 7) is 3.72. The Morgan fingerprint density at radius 1 is 1.20 bits per heavy atom. The number of rotatable bonds is 4. The SMILES string of the molecule is Cc1cnc(CNS(=O)(=O)c2ccc(C)c(N)c2)cn1. The third-order valence-corrected chi connectivity index (χ3v) is 4.24. The van der Waals surface area contributed by atoms with Gasteiger partial charge < -0.3 is 5.73 Å². The molecule has 0 spiro atoms. The summed E-state index contributed by atoms with van der Waals surface area (Å²) in [6, 6.07) is 4.64. The molecule has 6 nitrogen and oxygen atoms in total. The molecule has 0 aliphatic rings. The Hall–Kier alpha value is -1.99. The normalized spacial score (nSPS) is 11.5. The van der Waals surface area contributed by atoms with Crippen molar-refractivity contribution in [2.75, 3.05) is 5.73 Å². The van der Waals surface area contributed by atoms with Crippen LogP contribution in [0.3, 0.4) is 0 Å². The van der Waals surface area contributed by atoms with Gasteiger partial charge in [-0.1, -0.05) is 6.07 Å². The molecule has 1 aromatic heterocycles. The molecule has 0 saturated carbocycles. The van der Waals surface area contributed by atoms with Crippen molar-refractivity contribution >= 4 is 15.7 Å². The summed E-state index contributed by atoms with van der Waals surface area (Å²) < 4.78 is 26.7. The number of aromatic nitrogens is 2. The van der Waals surface area contributed by atoms with E-state index in [1.54, 1.807) is 18.5 Å². The molecule has 0 unspecified atom stereocenters. The van der Waals surface area contributed by atoms with Gasteiger partial charge in [0.25, 0.3) is 0 Å². The highest BCUT2D eigenvalue weighted by atomic mass is 32.2. The van der Waals surface area contributed by atoms with Crippen molar-refractivity contribution < 1.29 is 8.42 Å². The number of aryl methyl sites for hydroxylation is 2. The zero-order valence-corrected chi connectivity index (χ0v) is 12.1. The molecule has 7 heteroatoms. The predicted octanol–water partition coefficient (Wildman–Crippen LogP) is 1.15. The van der Waals surface area contributed by atoms with Gasteiger partial charge in [0, 0.05) is 11.9 Å². The number of hydrogen-bond donors (Lipinski definition) is 2. The molecule has 0 amide bonds. The van der Waals surface area contributed by atoms with Gasteiger partial charge in [-0.3, -0.25) is 9.97 Å². The topological polar surface area (TPSA) is 98.0 Å². The Kier molecular flexibility index (Phi) is 4.01. The molecule has 2 rings (SSSR count). The summed E-state index contributed by atoms with van der Waals surface area (Å²) in [6.07, 6.45) is 3.13. The van der Waals surface area contributed by atoms with E-state index in [9.17, 15) is 8.42 Å². The summed E-state index contributed by atoms with van der Waals surface area (Å²) in [5.74, 6) is 0. The zero-order chi connectivity index (χ0) is 14.8. The van der Waals surface area contributed by atoms with Crippen LogP contribution in [0.4, 0.5) is 5.69 Å². The number of hydrogen-bond acceptors (Lipinski definition) is 5. The molecule has 0 atom stereocenters. The molecule has 0 radical (unpaired) electrons. The van der Waals surface area contributed by atoms with Gasteiger partial charge in [-0.05, 0) is 31.5 Å². The van der Waals surface area contributed by atoms with Crippen LogP contribution in [0.15, 0.2) is 35.5 Å². The quantitative estimate of drug-likeness (QED) is 0.824. The van der Waals surface area contributed by atoms with Gasteiger partial charge in [0.15, 0.2) is 0 Å². The highest BCUT2D eigenvalue weighted by Gasteiger charge is 2.14. The fourth-order valence-corrected chi connectivity index (χ4v) is 2.58.